The van der Waals surface area contributed by atoms with Crippen molar-refractivity contribution in [2.24, 2.45) is 4.99 Å². The normalized spacial score (nSPS) is 15.3. The fourth-order valence-electron chi connectivity index (χ4n) is 1.83. The molecule has 1 aliphatic rings. The number of nitrogens with two attached hydrogens (primary N) is 1. The molecule has 1 aliphatic heterocycles. The number of rotatable bonds is 1. The minimum atomic E-state index is -0.112. The predicted octanol–water partition coefficient (Wildman–Crippen LogP) is 2.72. The third-order valence-corrected chi connectivity index (χ3v) is 3.14. The SMILES string of the molecule is Nc1nc(O)c(C=C2C=Nc3cc(Br)ccc32)[nH]1. The number of hydrogen-bond donors (Lipinski definition) is 3. The summed E-state index contributed by atoms with van der Waals surface area (Å²) in [5.74, 6) is 0.0734. The molecule has 3 rings (SSSR count). The Balaban J connectivity index is 2.07. The number of H-pyrrole nitrogens is 1. The van der Waals surface area contributed by atoms with E-state index in [1.807, 2.05) is 18.2 Å². The molecule has 0 atom stereocenters. The lowest BCUT2D eigenvalue weighted by Gasteiger charge is -1.99. The molecule has 0 saturated heterocycles. The number of benzene rings is 1. The molecule has 0 radical (unpaired) electrons. The van der Waals surface area contributed by atoms with E-state index in [1.54, 1.807) is 12.3 Å². The van der Waals surface area contributed by atoms with Crippen molar-refractivity contribution in [2.75, 3.05) is 5.73 Å². The lowest BCUT2D eigenvalue weighted by Crippen LogP contribution is -1.85. The Kier molecular flexibility index (Phi) is 2.45. The first-order valence-electron chi connectivity index (χ1n) is 5.23. The smallest absolute Gasteiger partial charge is 0.238 e. The zero-order valence-electron chi connectivity index (χ0n) is 9.18. The summed E-state index contributed by atoms with van der Waals surface area (Å²) in [5.41, 5.74) is 8.75. The summed E-state index contributed by atoms with van der Waals surface area (Å²) in [5, 5.41) is 9.56. The number of nitrogens with zero attached hydrogens (tertiary/aromatic N) is 2. The number of imidazole rings is 1. The summed E-state index contributed by atoms with van der Waals surface area (Å²) in [6.45, 7) is 0. The number of aromatic amines is 1. The van der Waals surface area contributed by atoms with E-state index in [4.69, 9.17) is 5.73 Å². The molecule has 1 aromatic heterocycles. The third kappa shape index (κ3) is 1.80. The van der Waals surface area contributed by atoms with Crippen molar-refractivity contribution in [3.8, 4) is 5.88 Å². The Morgan fingerprint density at radius 3 is 2.94 bits per heavy atom. The molecule has 0 unspecified atom stereocenters. The summed E-state index contributed by atoms with van der Waals surface area (Å²) < 4.78 is 0.980. The molecule has 6 heteroatoms. The number of anilines is 1. The largest absolute Gasteiger partial charge is 0.492 e. The molecule has 90 valence electrons. The van der Waals surface area contributed by atoms with Gasteiger partial charge in [0, 0.05) is 21.8 Å². The molecule has 0 bridgehead atoms. The quantitative estimate of drug-likeness (QED) is 0.757. The molecular weight excluding hydrogens is 296 g/mol. The molecule has 2 heterocycles. The van der Waals surface area contributed by atoms with Crippen molar-refractivity contribution in [3.63, 3.8) is 0 Å². The molecule has 0 spiro atoms. The molecule has 0 aliphatic carbocycles. The van der Waals surface area contributed by atoms with Crippen LogP contribution in [-0.4, -0.2) is 21.3 Å². The van der Waals surface area contributed by atoms with Gasteiger partial charge in [-0.25, -0.2) is 0 Å². The van der Waals surface area contributed by atoms with Crippen LogP contribution in [-0.2, 0) is 0 Å². The number of nitrogens with one attached hydrogen (secondary N) is 1. The van der Waals surface area contributed by atoms with Gasteiger partial charge in [0.25, 0.3) is 0 Å². The van der Waals surface area contributed by atoms with Crippen LogP contribution >= 0.6 is 15.9 Å². The number of nitrogen functional groups attached to an aromatic ring is 1. The monoisotopic (exact) mass is 304 g/mol. The summed E-state index contributed by atoms with van der Waals surface area (Å²) in [4.78, 5) is 10.8. The zero-order chi connectivity index (χ0) is 12.7. The van der Waals surface area contributed by atoms with Gasteiger partial charge in [-0.1, -0.05) is 22.0 Å². The first-order chi connectivity index (χ1) is 8.63. The van der Waals surface area contributed by atoms with Gasteiger partial charge in [0.2, 0.25) is 11.8 Å². The van der Waals surface area contributed by atoms with Crippen LogP contribution in [0.3, 0.4) is 0 Å². The molecule has 0 saturated carbocycles. The fraction of sp³-hybridized carbons (Fsp3) is 0. The van der Waals surface area contributed by atoms with E-state index >= 15 is 0 Å². The molecule has 2 aromatic rings. The number of aliphatic imine (C=N–C) groups is 1. The van der Waals surface area contributed by atoms with Crippen LogP contribution in [0.25, 0.3) is 11.6 Å². The van der Waals surface area contributed by atoms with Gasteiger partial charge in [-0.2, -0.15) is 4.98 Å². The minimum absolute atomic E-state index is 0.112. The number of allylic oxidation sites excluding steroid dienone is 1. The highest BCUT2D eigenvalue weighted by molar-refractivity contribution is 9.10. The minimum Gasteiger partial charge on any atom is -0.492 e. The first-order valence-corrected chi connectivity index (χ1v) is 6.03. The summed E-state index contributed by atoms with van der Waals surface area (Å²) >= 11 is 3.40. The lowest BCUT2D eigenvalue weighted by atomic mass is 10.1. The lowest BCUT2D eigenvalue weighted by molar-refractivity contribution is 0.456. The molecule has 0 amide bonds. The first kappa shape index (κ1) is 11.0. The third-order valence-electron chi connectivity index (χ3n) is 2.64. The average molecular weight is 305 g/mol. The van der Waals surface area contributed by atoms with Crippen molar-refractivity contribution < 1.29 is 5.11 Å². The van der Waals surface area contributed by atoms with E-state index in [0.717, 1.165) is 21.3 Å². The number of aromatic nitrogens is 2. The van der Waals surface area contributed by atoms with E-state index in [1.165, 1.54) is 0 Å². The number of aromatic hydroxyl groups is 1. The van der Waals surface area contributed by atoms with Gasteiger partial charge < -0.3 is 15.8 Å². The Morgan fingerprint density at radius 1 is 1.39 bits per heavy atom. The van der Waals surface area contributed by atoms with E-state index < -0.39 is 0 Å². The van der Waals surface area contributed by atoms with Crippen molar-refractivity contribution in [2.45, 2.75) is 0 Å². The highest BCUT2D eigenvalue weighted by Crippen LogP contribution is 2.35. The van der Waals surface area contributed by atoms with Gasteiger partial charge >= 0.3 is 0 Å². The molecule has 4 N–H and O–H groups in total. The zero-order valence-corrected chi connectivity index (χ0v) is 10.8. The highest BCUT2D eigenvalue weighted by atomic mass is 79.9. The maximum Gasteiger partial charge on any atom is 0.238 e. The Morgan fingerprint density at radius 2 is 2.22 bits per heavy atom. The van der Waals surface area contributed by atoms with E-state index in [2.05, 4.69) is 30.9 Å². The Labute approximate surface area is 111 Å². The highest BCUT2D eigenvalue weighted by Gasteiger charge is 2.14. The Hall–Kier alpha value is -2.08. The second-order valence-corrected chi connectivity index (χ2v) is 4.79. The fourth-order valence-corrected chi connectivity index (χ4v) is 2.18. The predicted molar refractivity (Wildman–Crippen MR) is 74.8 cm³/mol. The van der Waals surface area contributed by atoms with E-state index in [-0.39, 0.29) is 11.8 Å². The number of fused-ring (bicyclic) bond motifs is 1. The topological polar surface area (TPSA) is 87.3 Å². The molecule has 1 aromatic carbocycles. The van der Waals surface area contributed by atoms with Crippen molar-refractivity contribution >= 4 is 45.4 Å². The van der Waals surface area contributed by atoms with Crippen LogP contribution < -0.4 is 5.73 Å². The standard InChI is InChI=1S/C12H9BrN4O/c13-7-1-2-8-6(5-15-9(8)4-7)3-10-11(18)17-12(14)16-10/h1-5,18H,(H3,14,16,17). The van der Waals surface area contributed by atoms with Crippen molar-refractivity contribution in [3.05, 3.63) is 33.9 Å². The van der Waals surface area contributed by atoms with Crippen molar-refractivity contribution in [1.82, 2.24) is 9.97 Å². The van der Waals surface area contributed by atoms with Gasteiger partial charge in [0.05, 0.1) is 5.69 Å². The number of hydrogen-bond acceptors (Lipinski definition) is 4. The van der Waals surface area contributed by atoms with Crippen LogP contribution in [0, 0.1) is 0 Å². The second-order valence-electron chi connectivity index (χ2n) is 3.88. The maximum atomic E-state index is 9.56. The van der Waals surface area contributed by atoms with Gasteiger partial charge in [0.1, 0.15) is 5.69 Å². The van der Waals surface area contributed by atoms with Crippen LogP contribution in [0.4, 0.5) is 11.6 Å². The van der Waals surface area contributed by atoms with Gasteiger partial charge in [-0.3, -0.25) is 4.99 Å². The van der Waals surface area contributed by atoms with E-state index in [0.29, 0.717) is 5.69 Å². The Bertz CT molecular complexity index is 687. The summed E-state index contributed by atoms with van der Waals surface area (Å²) in [7, 11) is 0. The van der Waals surface area contributed by atoms with Gasteiger partial charge in [-0.15, -0.1) is 0 Å². The second kappa shape index (κ2) is 3.99. The summed E-state index contributed by atoms with van der Waals surface area (Å²) in [6, 6.07) is 5.85. The van der Waals surface area contributed by atoms with Gasteiger partial charge in [0.15, 0.2) is 0 Å². The van der Waals surface area contributed by atoms with Gasteiger partial charge in [-0.05, 0) is 18.2 Å². The van der Waals surface area contributed by atoms with E-state index in [9.17, 15) is 5.11 Å². The summed E-state index contributed by atoms with van der Waals surface area (Å²) in [6.07, 6.45) is 3.51. The van der Waals surface area contributed by atoms with Crippen LogP contribution in [0.15, 0.2) is 27.7 Å². The molecular formula is C12H9BrN4O. The molecule has 0 fully saturated rings. The molecule has 18 heavy (non-hydrogen) atoms. The van der Waals surface area contributed by atoms with Crippen LogP contribution in [0.5, 0.6) is 5.88 Å². The maximum absolute atomic E-state index is 9.56. The van der Waals surface area contributed by atoms with Crippen molar-refractivity contribution in [1.29, 1.82) is 0 Å². The van der Waals surface area contributed by atoms with Crippen LogP contribution in [0.2, 0.25) is 0 Å². The molecule has 5 nitrogen and oxygen atoms in total. The average Bonchev–Trinajstić information content (AvgIpc) is 2.84. The van der Waals surface area contributed by atoms with Crippen LogP contribution in [0.1, 0.15) is 11.3 Å². The number of halogens is 1.